The molecule has 0 aliphatic carbocycles. The molecular weight excluding hydrogens is 352 g/mol. The van der Waals surface area contributed by atoms with Crippen molar-refractivity contribution >= 4 is 21.6 Å². The van der Waals surface area contributed by atoms with E-state index in [1.807, 2.05) is 19.1 Å². The van der Waals surface area contributed by atoms with Crippen LogP contribution in [0.4, 0.5) is 5.69 Å². The van der Waals surface area contributed by atoms with Crippen molar-refractivity contribution in [2.75, 3.05) is 19.4 Å². The van der Waals surface area contributed by atoms with Gasteiger partial charge in [0.05, 0.1) is 4.90 Å². The molecular formula is C19H24N2O4S. The molecule has 0 saturated carbocycles. The predicted octanol–water partition coefficient (Wildman–Crippen LogP) is 2.96. The van der Waals surface area contributed by atoms with Gasteiger partial charge < -0.3 is 10.1 Å². The van der Waals surface area contributed by atoms with Crippen LogP contribution in [-0.4, -0.2) is 38.8 Å². The molecule has 1 atom stereocenters. The van der Waals surface area contributed by atoms with E-state index in [0.29, 0.717) is 17.0 Å². The second-order valence-corrected chi connectivity index (χ2v) is 8.45. The molecule has 0 unspecified atom stereocenters. The fourth-order valence-electron chi connectivity index (χ4n) is 2.27. The van der Waals surface area contributed by atoms with Crippen LogP contribution in [0.1, 0.15) is 18.1 Å². The Kier molecular flexibility index (Phi) is 6.05. The number of anilines is 1. The number of nitrogens with zero attached hydrogens (tertiary/aromatic N) is 1. The van der Waals surface area contributed by atoms with E-state index in [0.717, 1.165) is 9.87 Å². The zero-order valence-electron chi connectivity index (χ0n) is 15.6. The molecule has 0 saturated heterocycles. The van der Waals surface area contributed by atoms with E-state index in [-0.39, 0.29) is 10.8 Å². The van der Waals surface area contributed by atoms with E-state index in [9.17, 15) is 13.2 Å². The number of amides is 1. The van der Waals surface area contributed by atoms with Gasteiger partial charge in [-0.25, -0.2) is 12.7 Å². The Bertz CT molecular complexity index is 890. The van der Waals surface area contributed by atoms with Gasteiger partial charge in [-0.05, 0) is 50.6 Å². The Hall–Kier alpha value is -2.38. The molecule has 6 nitrogen and oxygen atoms in total. The number of aryl methyl sites for hydroxylation is 2. The van der Waals surface area contributed by atoms with Gasteiger partial charge in [-0.15, -0.1) is 0 Å². The van der Waals surface area contributed by atoms with E-state index in [1.54, 1.807) is 38.1 Å². The van der Waals surface area contributed by atoms with Crippen molar-refractivity contribution in [3.05, 3.63) is 53.6 Å². The first kappa shape index (κ1) is 19.9. The molecule has 0 aliphatic heterocycles. The second kappa shape index (κ2) is 7.88. The Morgan fingerprint density at radius 1 is 1.08 bits per heavy atom. The molecule has 0 bridgehead atoms. The number of carbonyl (C=O) groups is 1. The fourth-order valence-corrected chi connectivity index (χ4v) is 3.42. The molecule has 1 amide bonds. The predicted molar refractivity (Wildman–Crippen MR) is 102 cm³/mol. The van der Waals surface area contributed by atoms with E-state index in [1.165, 1.54) is 20.2 Å². The highest BCUT2D eigenvalue weighted by Gasteiger charge is 2.21. The summed E-state index contributed by atoms with van der Waals surface area (Å²) >= 11 is 0. The number of benzene rings is 2. The number of hydrogen-bond donors (Lipinski definition) is 1. The van der Waals surface area contributed by atoms with Gasteiger partial charge in [0.25, 0.3) is 5.91 Å². The van der Waals surface area contributed by atoms with Gasteiger partial charge in [0.1, 0.15) is 5.75 Å². The zero-order valence-corrected chi connectivity index (χ0v) is 16.4. The van der Waals surface area contributed by atoms with E-state index < -0.39 is 16.1 Å². The first-order valence-corrected chi connectivity index (χ1v) is 9.62. The van der Waals surface area contributed by atoms with Crippen molar-refractivity contribution in [1.82, 2.24) is 4.31 Å². The summed E-state index contributed by atoms with van der Waals surface area (Å²) in [4.78, 5) is 12.5. The van der Waals surface area contributed by atoms with Crippen molar-refractivity contribution < 1.29 is 17.9 Å². The highest BCUT2D eigenvalue weighted by Crippen LogP contribution is 2.23. The normalized spacial score (nSPS) is 12.7. The molecule has 2 aromatic rings. The third kappa shape index (κ3) is 4.62. The van der Waals surface area contributed by atoms with Crippen molar-refractivity contribution in [1.29, 1.82) is 0 Å². The van der Waals surface area contributed by atoms with Crippen LogP contribution in [0.25, 0.3) is 0 Å². The lowest BCUT2D eigenvalue weighted by molar-refractivity contribution is -0.122. The fraction of sp³-hybridized carbons (Fsp3) is 0.316. The molecule has 7 heteroatoms. The van der Waals surface area contributed by atoms with Crippen LogP contribution in [0, 0.1) is 13.8 Å². The summed E-state index contributed by atoms with van der Waals surface area (Å²) in [7, 11) is -0.648. The average molecular weight is 376 g/mol. The van der Waals surface area contributed by atoms with Gasteiger partial charge in [-0.2, -0.15) is 0 Å². The first-order valence-electron chi connectivity index (χ1n) is 8.18. The number of rotatable bonds is 6. The molecule has 2 rings (SSSR count). The maximum absolute atomic E-state index is 12.4. The minimum absolute atomic E-state index is 0.160. The van der Waals surface area contributed by atoms with Crippen LogP contribution < -0.4 is 10.1 Å². The lowest BCUT2D eigenvalue weighted by atomic mass is 10.2. The molecule has 26 heavy (non-hydrogen) atoms. The topological polar surface area (TPSA) is 75.7 Å². The molecule has 0 spiro atoms. The quantitative estimate of drug-likeness (QED) is 0.841. The van der Waals surface area contributed by atoms with Crippen molar-refractivity contribution in [3.8, 4) is 5.75 Å². The average Bonchev–Trinajstić information content (AvgIpc) is 2.58. The maximum Gasteiger partial charge on any atom is 0.265 e. The third-order valence-corrected chi connectivity index (χ3v) is 5.87. The van der Waals surface area contributed by atoms with Crippen LogP contribution in [-0.2, 0) is 14.8 Å². The summed E-state index contributed by atoms with van der Waals surface area (Å²) < 4.78 is 31.5. The number of sulfonamides is 1. The Labute approximate surface area is 154 Å². The molecule has 1 N–H and O–H groups in total. The standard InChI is InChI=1S/C19H24N2O4S/c1-13-6-10-17(11-7-13)25-15(3)19(22)20-16-9-8-14(2)18(12-16)26(23,24)21(4)5/h6-12,15H,1-5H3,(H,20,22)/t15-/m1/s1. The van der Waals surface area contributed by atoms with Crippen LogP contribution in [0.15, 0.2) is 47.4 Å². The monoisotopic (exact) mass is 376 g/mol. The Morgan fingerprint density at radius 2 is 1.69 bits per heavy atom. The van der Waals surface area contributed by atoms with Gasteiger partial charge in [0.2, 0.25) is 10.0 Å². The van der Waals surface area contributed by atoms with E-state index >= 15 is 0 Å². The summed E-state index contributed by atoms with van der Waals surface area (Å²) in [5, 5.41) is 2.71. The van der Waals surface area contributed by atoms with Gasteiger partial charge >= 0.3 is 0 Å². The molecule has 0 heterocycles. The van der Waals surface area contributed by atoms with Gasteiger partial charge in [0, 0.05) is 19.8 Å². The Balaban J connectivity index is 2.15. The lowest BCUT2D eigenvalue weighted by Crippen LogP contribution is -2.30. The number of nitrogens with one attached hydrogen (secondary N) is 1. The molecule has 0 aromatic heterocycles. The van der Waals surface area contributed by atoms with Gasteiger partial charge in [-0.1, -0.05) is 23.8 Å². The minimum atomic E-state index is -3.59. The summed E-state index contributed by atoms with van der Waals surface area (Å²) in [6, 6.07) is 12.2. The first-order chi connectivity index (χ1) is 12.1. The van der Waals surface area contributed by atoms with Crippen LogP contribution in [0.2, 0.25) is 0 Å². The summed E-state index contributed by atoms with van der Waals surface area (Å²) in [5.74, 6) is 0.237. The molecule has 0 radical (unpaired) electrons. The minimum Gasteiger partial charge on any atom is -0.481 e. The number of hydrogen-bond acceptors (Lipinski definition) is 4. The largest absolute Gasteiger partial charge is 0.481 e. The second-order valence-electron chi connectivity index (χ2n) is 6.33. The van der Waals surface area contributed by atoms with Crippen molar-refractivity contribution in [3.63, 3.8) is 0 Å². The van der Waals surface area contributed by atoms with Gasteiger partial charge in [0.15, 0.2) is 6.10 Å². The van der Waals surface area contributed by atoms with E-state index in [4.69, 9.17) is 4.74 Å². The Morgan fingerprint density at radius 3 is 2.27 bits per heavy atom. The molecule has 0 aliphatic rings. The van der Waals surface area contributed by atoms with E-state index in [2.05, 4.69) is 5.32 Å². The van der Waals surface area contributed by atoms with Crippen LogP contribution in [0.5, 0.6) is 5.75 Å². The number of carbonyl (C=O) groups excluding carboxylic acids is 1. The molecule has 2 aromatic carbocycles. The summed E-state index contributed by atoms with van der Waals surface area (Å²) in [6.07, 6.45) is -0.729. The smallest absolute Gasteiger partial charge is 0.265 e. The zero-order chi connectivity index (χ0) is 19.5. The summed E-state index contributed by atoms with van der Waals surface area (Å²) in [6.45, 7) is 5.32. The van der Waals surface area contributed by atoms with Crippen LogP contribution >= 0.6 is 0 Å². The lowest BCUT2D eigenvalue weighted by Gasteiger charge is -2.17. The van der Waals surface area contributed by atoms with Crippen LogP contribution in [0.3, 0.4) is 0 Å². The third-order valence-electron chi connectivity index (χ3n) is 3.92. The SMILES string of the molecule is Cc1ccc(O[C@H](C)C(=O)Nc2ccc(C)c(S(=O)(=O)N(C)C)c2)cc1. The number of ether oxygens (including phenoxy) is 1. The summed E-state index contributed by atoms with van der Waals surface area (Å²) in [5.41, 5.74) is 2.12. The highest BCUT2D eigenvalue weighted by atomic mass is 32.2. The highest BCUT2D eigenvalue weighted by molar-refractivity contribution is 7.89. The van der Waals surface area contributed by atoms with Gasteiger partial charge in [-0.3, -0.25) is 4.79 Å². The van der Waals surface area contributed by atoms with Crippen molar-refractivity contribution in [2.24, 2.45) is 0 Å². The maximum atomic E-state index is 12.4. The molecule has 0 fully saturated rings. The molecule has 140 valence electrons. The van der Waals surface area contributed by atoms with Crippen molar-refractivity contribution in [2.45, 2.75) is 31.8 Å².